The summed E-state index contributed by atoms with van der Waals surface area (Å²) in [6.45, 7) is 6.28. The van der Waals surface area contributed by atoms with Gasteiger partial charge in [0.1, 0.15) is 0 Å². The molecule has 5 nitrogen and oxygen atoms in total. The molecule has 0 amide bonds. The summed E-state index contributed by atoms with van der Waals surface area (Å²) in [4.78, 5) is 9.55. The van der Waals surface area contributed by atoms with Crippen molar-refractivity contribution >= 4 is 0 Å². The Hall–Kier alpha value is -1.17. The second-order valence-electron chi connectivity index (χ2n) is 7.73. The van der Waals surface area contributed by atoms with Gasteiger partial charge in [-0.05, 0) is 51.3 Å². The number of hydrogen-bond donors (Lipinski definition) is 0. The Morgan fingerprint density at radius 3 is 2.83 bits per heavy atom. The number of ether oxygens (including phenoxy) is 2. The monoisotopic (exact) mass is 331 g/mol. The molecular formula is C19H29N3O2. The Bertz CT molecular complexity index is 527. The Balaban J connectivity index is 1.31. The van der Waals surface area contributed by atoms with Crippen LogP contribution in [-0.4, -0.2) is 72.9 Å². The standard InChI is InChI=1S/C19H29N3O2/c1-21-9-5-16(13-24-18-4-2-3-8-20-18)12-19(21)14-22(15-19)17-6-10-23-11-7-17/h2-4,8,16-17H,5-7,9-15H2,1H3/t16-/m0/s1. The highest BCUT2D eigenvalue weighted by atomic mass is 16.5. The first-order valence-electron chi connectivity index (χ1n) is 9.32. The Morgan fingerprint density at radius 1 is 1.25 bits per heavy atom. The summed E-state index contributed by atoms with van der Waals surface area (Å²) in [5, 5.41) is 0. The van der Waals surface area contributed by atoms with Gasteiger partial charge in [0.05, 0.1) is 6.61 Å². The molecule has 0 aliphatic carbocycles. The van der Waals surface area contributed by atoms with Crippen LogP contribution in [0.3, 0.4) is 0 Å². The first kappa shape index (κ1) is 16.3. The molecule has 1 atom stereocenters. The largest absolute Gasteiger partial charge is 0.477 e. The van der Waals surface area contributed by atoms with Gasteiger partial charge in [-0.3, -0.25) is 9.80 Å². The number of likely N-dealkylation sites (N-methyl/N-ethyl adjacent to an activating group) is 1. The molecular weight excluding hydrogens is 302 g/mol. The van der Waals surface area contributed by atoms with Gasteiger partial charge < -0.3 is 9.47 Å². The maximum Gasteiger partial charge on any atom is 0.213 e. The van der Waals surface area contributed by atoms with Crippen molar-refractivity contribution in [1.82, 2.24) is 14.8 Å². The lowest BCUT2D eigenvalue weighted by Crippen LogP contribution is -2.73. The number of rotatable bonds is 4. The fourth-order valence-electron chi connectivity index (χ4n) is 4.58. The number of piperidine rings is 1. The van der Waals surface area contributed by atoms with Gasteiger partial charge in [-0.25, -0.2) is 4.98 Å². The minimum atomic E-state index is 0.370. The van der Waals surface area contributed by atoms with E-state index in [0.29, 0.717) is 11.5 Å². The third-order valence-electron chi connectivity index (χ3n) is 6.16. The first-order chi connectivity index (χ1) is 11.8. The molecule has 0 bridgehead atoms. The second kappa shape index (κ2) is 6.98. The average molecular weight is 331 g/mol. The Kier molecular flexibility index (Phi) is 4.74. The van der Waals surface area contributed by atoms with Crippen LogP contribution in [0.1, 0.15) is 25.7 Å². The average Bonchev–Trinajstić information content (AvgIpc) is 2.61. The molecule has 4 heterocycles. The van der Waals surface area contributed by atoms with E-state index < -0.39 is 0 Å². The lowest BCUT2D eigenvalue weighted by Gasteiger charge is -2.61. The van der Waals surface area contributed by atoms with Crippen LogP contribution >= 0.6 is 0 Å². The molecule has 132 valence electrons. The highest BCUT2D eigenvalue weighted by Gasteiger charge is 2.51. The first-order valence-corrected chi connectivity index (χ1v) is 9.32. The van der Waals surface area contributed by atoms with Crippen LogP contribution in [0.2, 0.25) is 0 Å². The Morgan fingerprint density at radius 2 is 2.08 bits per heavy atom. The molecule has 4 rings (SSSR count). The van der Waals surface area contributed by atoms with E-state index in [-0.39, 0.29) is 0 Å². The van der Waals surface area contributed by atoms with Gasteiger partial charge in [-0.2, -0.15) is 0 Å². The Labute approximate surface area is 144 Å². The highest BCUT2D eigenvalue weighted by Crippen LogP contribution is 2.40. The molecule has 1 aromatic heterocycles. The van der Waals surface area contributed by atoms with Crippen molar-refractivity contribution in [3.05, 3.63) is 24.4 Å². The van der Waals surface area contributed by atoms with E-state index in [1.807, 2.05) is 18.2 Å². The topological polar surface area (TPSA) is 37.8 Å². The van der Waals surface area contributed by atoms with Gasteiger partial charge in [0.2, 0.25) is 5.88 Å². The summed E-state index contributed by atoms with van der Waals surface area (Å²) in [5.41, 5.74) is 0.370. The zero-order chi connectivity index (χ0) is 16.4. The van der Waals surface area contributed by atoms with Gasteiger partial charge in [0, 0.05) is 50.1 Å². The zero-order valence-electron chi connectivity index (χ0n) is 14.7. The molecule has 1 spiro atoms. The van der Waals surface area contributed by atoms with E-state index in [2.05, 4.69) is 21.8 Å². The van der Waals surface area contributed by atoms with Crippen LogP contribution in [0.5, 0.6) is 5.88 Å². The van der Waals surface area contributed by atoms with Crippen molar-refractivity contribution in [2.24, 2.45) is 5.92 Å². The van der Waals surface area contributed by atoms with Crippen LogP contribution in [0.15, 0.2) is 24.4 Å². The molecule has 3 saturated heterocycles. The molecule has 5 heteroatoms. The summed E-state index contributed by atoms with van der Waals surface area (Å²) in [7, 11) is 2.30. The van der Waals surface area contributed by atoms with Crippen LogP contribution < -0.4 is 4.74 Å². The second-order valence-corrected chi connectivity index (χ2v) is 7.73. The molecule has 3 aliphatic rings. The highest BCUT2D eigenvalue weighted by molar-refractivity contribution is 5.10. The molecule has 0 aromatic carbocycles. The fraction of sp³-hybridized carbons (Fsp3) is 0.737. The van der Waals surface area contributed by atoms with Crippen molar-refractivity contribution in [1.29, 1.82) is 0 Å². The van der Waals surface area contributed by atoms with Gasteiger partial charge >= 0.3 is 0 Å². The molecule has 3 aliphatic heterocycles. The van der Waals surface area contributed by atoms with Gasteiger partial charge in [0.25, 0.3) is 0 Å². The third kappa shape index (κ3) is 3.30. The normalized spacial score (nSPS) is 28.6. The van der Waals surface area contributed by atoms with E-state index in [9.17, 15) is 0 Å². The van der Waals surface area contributed by atoms with E-state index in [1.165, 1.54) is 45.3 Å². The molecule has 0 saturated carbocycles. The summed E-state index contributed by atoms with van der Waals surface area (Å²) in [5.74, 6) is 1.39. The minimum absolute atomic E-state index is 0.370. The predicted molar refractivity (Wildman–Crippen MR) is 93.2 cm³/mol. The van der Waals surface area contributed by atoms with E-state index in [1.54, 1.807) is 6.20 Å². The fourth-order valence-corrected chi connectivity index (χ4v) is 4.58. The maximum atomic E-state index is 5.93. The van der Waals surface area contributed by atoms with Crippen LogP contribution in [0.4, 0.5) is 0 Å². The lowest BCUT2D eigenvalue weighted by atomic mass is 9.74. The summed E-state index contributed by atoms with van der Waals surface area (Å²) in [6, 6.07) is 6.59. The number of pyridine rings is 1. The molecule has 0 radical (unpaired) electrons. The molecule has 3 fully saturated rings. The summed E-state index contributed by atoms with van der Waals surface area (Å²) >= 11 is 0. The number of aromatic nitrogens is 1. The van der Waals surface area contributed by atoms with Crippen molar-refractivity contribution in [2.45, 2.75) is 37.3 Å². The summed E-state index contributed by atoms with van der Waals surface area (Å²) < 4.78 is 11.4. The van der Waals surface area contributed by atoms with E-state index in [0.717, 1.165) is 31.7 Å². The third-order valence-corrected chi connectivity index (χ3v) is 6.16. The van der Waals surface area contributed by atoms with Crippen molar-refractivity contribution < 1.29 is 9.47 Å². The predicted octanol–water partition coefficient (Wildman–Crippen LogP) is 2.04. The van der Waals surface area contributed by atoms with E-state index in [4.69, 9.17) is 9.47 Å². The molecule has 24 heavy (non-hydrogen) atoms. The molecule has 0 N–H and O–H groups in total. The van der Waals surface area contributed by atoms with Gasteiger partial charge in [-0.15, -0.1) is 0 Å². The van der Waals surface area contributed by atoms with Crippen molar-refractivity contribution in [3.63, 3.8) is 0 Å². The SMILES string of the molecule is CN1CC[C@H](COc2ccccn2)CC12CN(C1CCOCC1)C2. The minimum Gasteiger partial charge on any atom is -0.477 e. The van der Waals surface area contributed by atoms with E-state index >= 15 is 0 Å². The molecule has 1 aromatic rings. The van der Waals surface area contributed by atoms with Crippen LogP contribution in [0.25, 0.3) is 0 Å². The van der Waals surface area contributed by atoms with Crippen molar-refractivity contribution in [3.8, 4) is 5.88 Å². The maximum absolute atomic E-state index is 5.93. The van der Waals surface area contributed by atoms with Crippen molar-refractivity contribution in [2.75, 3.05) is 46.5 Å². The number of nitrogens with zero attached hydrogens (tertiary/aromatic N) is 3. The van der Waals surface area contributed by atoms with Gasteiger partial charge in [-0.1, -0.05) is 6.07 Å². The van der Waals surface area contributed by atoms with Gasteiger partial charge in [0.15, 0.2) is 0 Å². The number of likely N-dealkylation sites (tertiary alicyclic amines) is 2. The molecule has 0 unspecified atom stereocenters. The quantitative estimate of drug-likeness (QED) is 0.844. The summed E-state index contributed by atoms with van der Waals surface area (Å²) in [6.07, 6.45) is 6.67. The van der Waals surface area contributed by atoms with Crippen LogP contribution in [-0.2, 0) is 4.74 Å². The zero-order valence-corrected chi connectivity index (χ0v) is 14.7. The lowest BCUT2D eigenvalue weighted by molar-refractivity contribution is -0.114. The van der Waals surface area contributed by atoms with Crippen LogP contribution in [0, 0.1) is 5.92 Å². The smallest absolute Gasteiger partial charge is 0.213 e. The number of hydrogen-bond acceptors (Lipinski definition) is 5.